The first-order chi connectivity index (χ1) is 10.2. The number of aromatic amines is 1. The Hall–Kier alpha value is -2.17. The van der Waals surface area contributed by atoms with Gasteiger partial charge in [-0.2, -0.15) is 5.10 Å². The Kier molecular flexibility index (Phi) is 2.80. The van der Waals surface area contributed by atoms with Gasteiger partial charge in [-0.25, -0.2) is 4.98 Å². The molecule has 0 aliphatic heterocycles. The number of anilines is 1. The fourth-order valence-electron chi connectivity index (χ4n) is 3.41. The maximum Gasteiger partial charge on any atom is 0.227 e. The van der Waals surface area contributed by atoms with Crippen LogP contribution in [0, 0.1) is 24.7 Å². The molecule has 0 bridgehead atoms. The van der Waals surface area contributed by atoms with Crippen molar-refractivity contribution >= 4 is 11.6 Å². The molecule has 2 aliphatic rings. The molecule has 1 aromatic heterocycles. The summed E-state index contributed by atoms with van der Waals surface area (Å²) >= 11 is 0. The van der Waals surface area contributed by atoms with Crippen molar-refractivity contribution in [2.45, 2.75) is 26.2 Å². The summed E-state index contributed by atoms with van der Waals surface area (Å²) in [6, 6.07) is 7.70. The number of nitrogens with one attached hydrogen (secondary N) is 2. The number of benzene rings is 1. The maximum absolute atomic E-state index is 12.4. The van der Waals surface area contributed by atoms with Gasteiger partial charge >= 0.3 is 0 Å². The third kappa shape index (κ3) is 2.33. The number of para-hydroxylation sites is 1. The van der Waals surface area contributed by atoms with E-state index >= 15 is 0 Å². The second-order valence-electron chi connectivity index (χ2n) is 6.20. The Labute approximate surface area is 123 Å². The van der Waals surface area contributed by atoms with Gasteiger partial charge in [-0.15, -0.1) is 0 Å². The van der Waals surface area contributed by atoms with Gasteiger partial charge in [0.25, 0.3) is 0 Å². The van der Waals surface area contributed by atoms with E-state index in [0.717, 1.165) is 41.8 Å². The van der Waals surface area contributed by atoms with Crippen molar-refractivity contribution in [1.29, 1.82) is 0 Å². The van der Waals surface area contributed by atoms with Crippen molar-refractivity contribution in [3.63, 3.8) is 0 Å². The highest BCUT2D eigenvalue weighted by atomic mass is 16.1. The predicted molar refractivity (Wildman–Crippen MR) is 79.5 cm³/mol. The van der Waals surface area contributed by atoms with Crippen molar-refractivity contribution in [2.75, 3.05) is 5.32 Å². The van der Waals surface area contributed by atoms with Gasteiger partial charge in [0, 0.05) is 11.5 Å². The number of carbonyl (C=O) groups excluding carboxylic acids is 1. The fourth-order valence-corrected chi connectivity index (χ4v) is 3.41. The Balaban J connectivity index is 1.56. The molecule has 1 aromatic carbocycles. The highest BCUT2D eigenvalue weighted by molar-refractivity contribution is 5.96. The lowest BCUT2D eigenvalue weighted by atomic mass is 10.0. The molecule has 0 saturated heterocycles. The lowest BCUT2D eigenvalue weighted by molar-refractivity contribution is -0.120. The quantitative estimate of drug-likeness (QED) is 0.909. The maximum atomic E-state index is 12.4. The molecule has 2 unspecified atom stereocenters. The zero-order valence-corrected chi connectivity index (χ0v) is 12.0. The van der Waals surface area contributed by atoms with Gasteiger partial charge in [-0.1, -0.05) is 12.1 Å². The summed E-state index contributed by atoms with van der Waals surface area (Å²) in [5.41, 5.74) is 1.65. The third-order valence-corrected chi connectivity index (χ3v) is 4.64. The van der Waals surface area contributed by atoms with Gasteiger partial charge in [0.1, 0.15) is 5.82 Å². The van der Waals surface area contributed by atoms with E-state index in [-0.39, 0.29) is 11.8 Å². The summed E-state index contributed by atoms with van der Waals surface area (Å²) in [5, 5.41) is 10.1. The number of nitrogens with zero attached hydrogens (tertiary/aromatic N) is 2. The molecule has 1 amide bonds. The summed E-state index contributed by atoms with van der Waals surface area (Å²) in [6.45, 7) is 1.86. The summed E-state index contributed by atoms with van der Waals surface area (Å²) in [7, 11) is 0. The molecule has 0 spiro atoms. The standard InChI is InChI=1S/C16H18N4O/c1-9-17-15(20-19-9)13-4-2-3-5-14(13)18-16(21)12-7-10-6-11(10)8-12/h2-5,10-12H,6-8H2,1H3,(H,18,21)(H,17,19,20). The summed E-state index contributed by atoms with van der Waals surface area (Å²) < 4.78 is 0. The molecular formula is C16H18N4O. The van der Waals surface area contributed by atoms with Crippen molar-refractivity contribution in [2.24, 2.45) is 17.8 Å². The van der Waals surface area contributed by atoms with E-state index in [2.05, 4.69) is 20.5 Å². The Morgan fingerprint density at radius 3 is 2.71 bits per heavy atom. The Morgan fingerprint density at radius 2 is 2.00 bits per heavy atom. The first-order valence-electron chi connectivity index (χ1n) is 7.50. The number of aromatic nitrogens is 3. The number of H-pyrrole nitrogens is 1. The summed E-state index contributed by atoms with van der Waals surface area (Å²) in [6.07, 6.45) is 3.44. The van der Waals surface area contributed by atoms with Crippen LogP contribution in [0.2, 0.25) is 0 Å². The monoisotopic (exact) mass is 282 g/mol. The minimum absolute atomic E-state index is 0.141. The number of aryl methyl sites for hydroxylation is 1. The van der Waals surface area contributed by atoms with E-state index in [4.69, 9.17) is 0 Å². The Bertz CT molecular complexity index is 683. The van der Waals surface area contributed by atoms with Crippen LogP contribution in [0.3, 0.4) is 0 Å². The zero-order chi connectivity index (χ0) is 14.4. The van der Waals surface area contributed by atoms with Gasteiger partial charge < -0.3 is 5.32 Å². The smallest absolute Gasteiger partial charge is 0.227 e. The van der Waals surface area contributed by atoms with E-state index in [1.54, 1.807) is 0 Å². The van der Waals surface area contributed by atoms with Crippen LogP contribution in [0.5, 0.6) is 0 Å². The molecule has 2 saturated carbocycles. The van der Waals surface area contributed by atoms with Crippen LogP contribution in [-0.4, -0.2) is 21.1 Å². The topological polar surface area (TPSA) is 70.7 Å². The molecular weight excluding hydrogens is 264 g/mol. The summed E-state index contributed by atoms with van der Waals surface area (Å²) in [5.74, 6) is 3.33. The first kappa shape index (κ1) is 12.6. The minimum atomic E-state index is 0.141. The van der Waals surface area contributed by atoms with E-state index in [9.17, 15) is 4.79 Å². The fraction of sp³-hybridized carbons (Fsp3) is 0.438. The van der Waals surface area contributed by atoms with E-state index in [1.807, 2.05) is 31.2 Å². The molecule has 0 radical (unpaired) electrons. The Morgan fingerprint density at radius 1 is 1.24 bits per heavy atom. The zero-order valence-electron chi connectivity index (χ0n) is 12.0. The van der Waals surface area contributed by atoms with Gasteiger partial charge in [0.15, 0.2) is 5.82 Å². The molecule has 5 nitrogen and oxygen atoms in total. The second-order valence-corrected chi connectivity index (χ2v) is 6.20. The van der Waals surface area contributed by atoms with Crippen LogP contribution in [0.1, 0.15) is 25.1 Å². The average Bonchev–Trinajstić information content (AvgIpc) is 2.89. The van der Waals surface area contributed by atoms with E-state index in [0.29, 0.717) is 5.82 Å². The van der Waals surface area contributed by atoms with Crippen molar-refractivity contribution in [1.82, 2.24) is 15.2 Å². The molecule has 4 rings (SSSR count). The van der Waals surface area contributed by atoms with Crippen LogP contribution in [0.25, 0.3) is 11.4 Å². The minimum Gasteiger partial charge on any atom is -0.325 e. The highest BCUT2D eigenvalue weighted by Crippen LogP contribution is 2.54. The molecule has 2 N–H and O–H groups in total. The van der Waals surface area contributed by atoms with Crippen molar-refractivity contribution in [3.8, 4) is 11.4 Å². The molecule has 108 valence electrons. The lowest BCUT2D eigenvalue weighted by Gasteiger charge is -2.14. The van der Waals surface area contributed by atoms with Crippen LogP contribution in [0.15, 0.2) is 24.3 Å². The third-order valence-electron chi connectivity index (χ3n) is 4.64. The number of hydrogen-bond donors (Lipinski definition) is 2. The van der Waals surface area contributed by atoms with Crippen LogP contribution < -0.4 is 5.32 Å². The van der Waals surface area contributed by atoms with E-state index in [1.165, 1.54) is 6.42 Å². The van der Waals surface area contributed by atoms with E-state index < -0.39 is 0 Å². The van der Waals surface area contributed by atoms with Crippen molar-refractivity contribution in [3.05, 3.63) is 30.1 Å². The van der Waals surface area contributed by atoms with Crippen molar-refractivity contribution < 1.29 is 4.79 Å². The molecule has 5 heteroatoms. The molecule has 2 aromatic rings. The highest BCUT2D eigenvalue weighted by Gasteiger charge is 2.48. The molecule has 2 aliphatic carbocycles. The molecule has 2 fully saturated rings. The van der Waals surface area contributed by atoms with Crippen LogP contribution >= 0.6 is 0 Å². The molecule has 1 heterocycles. The predicted octanol–water partition coefficient (Wildman–Crippen LogP) is 2.76. The number of fused-ring (bicyclic) bond motifs is 1. The number of hydrogen-bond acceptors (Lipinski definition) is 3. The van der Waals surface area contributed by atoms with Crippen LogP contribution in [0.4, 0.5) is 5.69 Å². The normalized spacial score (nSPS) is 26.4. The lowest BCUT2D eigenvalue weighted by Crippen LogP contribution is -2.22. The summed E-state index contributed by atoms with van der Waals surface area (Å²) in [4.78, 5) is 16.8. The van der Waals surface area contributed by atoms with Gasteiger partial charge in [-0.3, -0.25) is 9.89 Å². The molecule has 21 heavy (non-hydrogen) atoms. The average molecular weight is 282 g/mol. The van der Waals surface area contributed by atoms with Gasteiger partial charge in [-0.05, 0) is 50.2 Å². The number of rotatable bonds is 3. The van der Waals surface area contributed by atoms with Gasteiger partial charge in [0.05, 0.1) is 5.69 Å². The molecule has 2 atom stereocenters. The number of carbonyl (C=O) groups is 1. The first-order valence-corrected chi connectivity index (χ1v) is 7.50. The second kappa shape index (κ2) is 4.69. The van der Waals surface area contributed by atoms with Gasteiger partial charge in [0.2, 0.25) is 5.91 Å². The SMILES string of the molecule is Cc1nc(-c2ccccc2NC(=O)C2CC3CC3C2)n[nH]1. The number of amides is 1. The van der Waals surface area contributed by atoms with Crippen LogP contribution in [-0.2, 0) is 4.79 Å². The largest absolute Gasteiger partial charge is 0.325 e.